The zero-order valence-corrected chi connectivity index (χ0v) is 42.5. The average molecular weight is 1080 g/mol. The molecule has 6 aromatic carbocycles. The van der Waals surface area contributed by atoms with Gasteiger partial charge in [0.25, 0.3) is 0 Å². The van der Waals surface area contributed by atoms with Crippen molar-refractivity contribution in [3.63, 3.8) is 0 Å². The van der Waals surface area contributed by atoms with Gasteiger partial charge >= 0.3 is 20.1 Å². The Bertz CT molecular complexity index is 3570. The summed E-state index contributed by atoms with van der Waals surface area (Å²) < 4.78 is 65.4. The second kappa shape index (κ2) is 19.5. The van der Waals surface area contributed by atoms with Crippen molar-refractivity contribution in [3.05, 3.63) is 221 Å². The van der Waals surface area contributed by atoms with Crippen molar-refractivity contribution < 1.29 is 32.7 Å². The number of benzene rings is 6. The van der Waals surface area contributed by atoms with Crippen LogP contribution in [-0.2, 0) is 62.9 Å². The number of rotatable bonds is 13. The first-order chi connectivity index (χ1) is 35.0. The molecule has 10 rings (SSSR count). The molecule has 0 fully saturated rings. The van der Waals surface area contributed by atoms with Crippen LogP contribution in [0.2, 0.25) is 0 Å². The molecule has 5 heteroatoms. The van der Waals surface area contributed by atoms with E-state index in [4.69, 9.17) is 19.4 Å². The third-order valence-electron chi connectivity index (χ3n) is 12.7. The van der Waals surface area contributed by atoms with Crippen molar-refractivity contribution in [2.24, 2.45) is 5.41 Å². The molecule has 4 aromatic heterocycles. The van der Waals surface area contributed by atoms with Crippen LogP contribution in [0.4, 0.5) is 0 Å². The Morgan fingerprint density at radius 1 is 0.493 bits per heavy atom. The predicted molar refractivity (Wildman–Crippen MR) is 281 cm³/mol. The van der Waals surface area contributed by atoms with Crippen LogP contribution in [0.1, 0.15) is 95.6 Å². The van der Waals surface area contributed by atoms with E-state index in [1.165, 1.54) is 6.20 Å². The number of aromatic nitrogens is 3. The minimum Gasteiger partial charge on any atom is -0.500 e. The van der Waals surface area contributed by atoms with Gasteiger partial charge < -0.3 is 19.4 Å². The third kappa shape index (κ3) is 10.7. The van der Waals surface area contributed by atoms with Gasteiger partial charge in [-0.3, -0.25) is 0 Å². The predicted octanol–water partition coefficient (Wildman–Crippen LogP) is 15.7. The number of fused-ring (bicyclic) bond motifs is 4. The normalized spacial score (nSPS) is 14.1. The molecule has 69 heavy (non-hydrogen) atoms. The first kappa shape index (κ1) is 40.4. The summed E-state index contributed by atoms with van der Waals surface area (Å²) in [5.74, 6) is 0. The molecule has 4 heterocycles. The topological polar surface area (TPSA) is 51.8 Å². The molecule has 0 N–H and O–H groups in total. The fourth-order valence-corrected chi connectivity index (χ4v) is 9.18. The molecule has 0 unspecified atom stereocenters. The molecule has 344 valence electrons. The molecule has 0 aliphatic carbocycles. The van der Waals surface area contributed by atoms with Crippen molar-refractivity contribution >= 4 is 32.7 Å². The van der Waals surface area contributed by atoms with E-state index in [0.717, 1.165) is 71.9 Å². The largest absolute Gasteiger partial charge is 3.00 e. The summed E-state index contributed by atoms with van der Waals surface area (Å²) in [7, 11) is 0. The van der Waals surface area contributed by atoms with E-state index >= 15 is 0 Å². The van der Waals surface area contributed by atoms with E-state index in [2.05, 4.69) is 76.2 Å². The van der Waals surface area contributed by atoms with Crippen LogP contribution in [0.15, 0.2) is 169 Å². The van der Waals surface area contributed by atoms with Gasteiger partial charge in [-0.15, -0.1) is 95.6 Å². The van der Waals surface area contributed by atoms with E-state index in [-0.39, 0.29) is 36.8 Å². The SMILES string of the molecule is [2H]C([2H])(c1cc(-c2[c-]cc3oc4cc5ccccc5cc4c3c2)ncc1C([2H])([2H])C([2H])([2H])c1cc(CC(C)(C)c2ccc(-c3[c-]cccc3)nc2)cc(CC(C)(C)c2ccc(-c3[c-]cccc3)nc2)c1)C(C)(C)C.[Ir+3]. The van der Waals surface area contributed by atoms with Crippen LogP contribution < -0.4 is 0 Å². The maximum absolute atomic E-state index is 9.98. The summed E-state index contributed by atoms with van der Waals surface area (Å²) in [6.07, 6.45) is -1.52. The van der Waals surface area contributed by atoms with Crippen LogP contribution in [0.5, 0.6) is 0 Å². The van der Waals surface area contributed by atoms with Crippen LogP contribution in [0, 0.1) is 23.6 Å². The molecule has 0 aliphatic rings. The zero-order chi connectivity index (χ0) is 52.4. The van der Waals surface area contributed by atoms with E-state index in [1.54, 1.807) is 45.0 Å². The van der Waals surface area contributed by atoms with E-state index in [0.29, 0.717) is 29.7 Å². The summed E-state index contributed by atoms with van der Waals surface area (Å²) in [6.45, 7) is 13.9. The van der Waals surface area contributed by atoms with E-state index in [9.17, 15) is 8.22 Å². The molecule has 0 radical (unpaired) electrons. The Morgan fingerprint density at radius 2 is 1.04 bits per heavy atom. The van der Waals surface area contributed by atoms with Gasteiger partial charge in [-0.25, -0.2) is 0 Å². The van der Waals surface area contributed by atoms with E-state index in [1.807, 2.05) is 103 Å². The summed E-state index contributed by atoms with van der Waals surface area (Å²) >= 11 is 0. The third-order valence-corrected chi connectivity index (χ3v) is 12.7. The number of nitrogens with zero attached hydrogens (tertiary/aromatic N) is 3. The van der Waals surface area contributed by atoms with Crippen LogP contribution >= 0.6 is 0 Å². The Morgan fingerprint density at radius 3 is 1.59 bits per heavy atom. The second-order valence-electron chi connectivity index (χ2n) is 20.2. The monoisotopic (exact) mass is 1080 g/mol. The molecule has 0 aliphatic heterocycles. The molecule has 0 bridgehead atoms. The van der Waals surface area contributed by atoms with Crippen molar-refractivity contribution in [2.75, 3.05) is 0 Å². The van der Waals surface area contributed by atoms with Gasteiger partial charge in [-0.05, 0) is 127 Å². The van der Waals surface area contributed by atoms with Crippen LogP contribution in [0.25, 0.3) is 66.5 Å². The number of pyridine rings is 3. The standard InChI is InChI=1S/C64H58N3O.Ir/c1-62(2,3)39-52-35-59(50-24-29-60-55(34-50)56-33-48-20-14-15-21-49(48)36-61(56)68-60)65-40-51(52)23-22-43-30-44(37-63(4,5)53-25-27-57(66-41-53)46-16-10-8-11-17-46)32-45(31-43)38-64(6,7)54-26-28-58(67-42-54)47-18-12-9-13-19-47;/h8-16,18,20-21,25-36,40-42H,22-23,37-39H2,1-7H3;/q-3;+3/i22D2,23D2,39D2;. The minimum absolute atomic E-state index is 0. The maximum atomic E-state index is 9.98. The Hall–Kier alpha value is -6.52. The number of aryl methyl sites for hydroxylation is 2. The van der Waals surface area contributed by atoms with Crippen LogP contribution in [0.3, 0.4) is 0 Å². The smallest absolute Gasteiger partial charge is 0.500 e. The average Bonchev–Trinajstić information content (AvgIpc) is 3.74. The van der Waals surface area contributed by atoms with Gasteiger partial charge in [0.2, 0.25) is 0 Å². The van der Waals surface area contributed by atoms with Crippen molar-refractivity contribution in [1.82, 2.24) is 15.0 Å². The summed E-state index contributed by atoms with van der Waals surface area (Å²) in [5, 5.41) is 3.89. The fraction of sp³-hybridized carbons (Fsp3) is 0.234. The van der Waals surface area contributed by atoms with Gasteiger partial charge in [0, 0.05) is 32.2 Å². The maximum Gasteiger partial charge on any atom is 3.00 e. The van der Waals surface area contributed by atoms with Crippen molar-refractivity contribution in [1.29, 1.82) is 0 Å². The van der Waals surface area contributed by atoms with E-state index < -0.39 is 35.4 Å². The summed E-state index contributed by atoms with van der Waals surface area (Å²) in [5.41, 5.74) is 7.45. The molecule has 4 nitrogen and oxygen atoms in total. The zero-order valence-electron chi connectivity index (χ0n) is 46.1. The first-order valence-electron chi connectivity index (χ1n) is 26.3. The molecule has 0 saturated carbocycles. The molecule has 0 spiro atoms. The number of hydrogen-bond donors (Lipinski definition) is 0. The fourth-order valence-electron chi connectivity index (χ4n) is 9.18. The van der Waals surface area contributed by atoms with Gasteiger partial charge in [-0.2, -0.15) is 0 Å². The molecular weight excluding hydrogens is 1020 g/mol. The summed E-state index contributed by atoms with van der Waals surface area (Å²) in [6, 6.07) is 56.6. The molecule has 0 atom stereocenters. The first-order valence-corrected chi connectivity index (χ1v) is 23.3. The van der Waals surface area contributed by atoms with Gasteiger partial charge in [0.05, 0.1) is 5.58 Å². The minimum atomic E-state index is -2.79. The van der Waals surface area contributed by atoms with Gasteiger partial charge in [-0.1, -0.05) is 127 Å². The Kier molecular flexibility index (Phi) is 11.4. The molecule has 10 aromatic rings. The second-order valence-corrected chi connectivity index (χ2v) is 20.2. The Balaban J connectivity index is 0.00000689. The number of furan rings is 1. The van der Waals surface area contributed by atoms with Gasteiger partial charge in [0.15, 0.2) is 0 Å². The molecular formula is C64H58IrN3O. The Labute approximate surface area is 430 Å². The quantitative estimate of drug-likeness (QED) is 0.108. The molecule has 0 saturated heterocycles. The molecule has 0 amide bonds. The van der Waals surface area contributed by atoms with Crippen molar-refractivity contribution in [3.8, 4) is 33.8 Å². The van der Waals surface area contributed by atoms with Crippen molar-refractivity contribution in [2.45, 2.75) is 91.3 Å². The summed E-state index contributed by atoms with van der Waals surface area (Å²) in [4.78, 5) is 14.4. The van der Waals surface area contributed by atoms with Crippen LogP contribution in [-0.4, -0.2) is 15.0 Å². The van der Waals surface area contributed by atoms with Gasteiger partial charge in [0.1, 0.15) is 5.58 Å². The number of hydrogen-bond acceptors (Lipinski definition) is 4.